The van der Waals surface area contributed by atoms with Gasteiger partial charge in [-0.05, 0) is 44.2 Å². The number of esters is 1. The predicted molar refractivity (Wildman–Crippen MR) is 103 cm³/mol. The fourth-order valence-electron chi connectivity index (χ4n) is 3.07. The average molecular weight is 358 g/mol. The van der Waals surface area contributed by atoms with Crippen LogP contribution < -0.4 is 0 Å². The Labute approximate surface area is 156 Å². The molecular formula is C21H18N4O2. The van der Waals surface area contributed by atoms with E-state index >= 15 is 0 Å². The maximum atomic E-state index is 12.6. The van der Waals surface area contributed by atoms with Gasteiger partial charge in [-0.3, -0.25) is 4.98 Å². The number of nitrogens with zero attached hydrogens (tertiary/aromatic N) is 4. The normalized spacial score (nSPS) is 10.9. The molecule has 3 heterocycles. The molecule has 3 aromatic heterocycles. The van der Waals surface area contributed by atoms with Crippen LogP contribution in [0.3, 0.4) is 0 Å². The minimum absolute atomic E-state index is 0.302. The summed E-state index contributed by atoms with van der Waals surface area (Å²) in [6.45, 7) is 3.96. The third-order valence-corrected chi connectivity index (χ3v) is 4.27. The van der Waals surface area contributed by atoms with Crippen molar-refractivity contribution in [1.82, 2.24) is 19.7 Å². The van der Waals surface area contributed by atoms with E-state index in [4.69, 9.17) is 9.72 Å². The van der Waals surface area contributed by atoms with Crippen LogP contribution in [0.1, 0.15) is 23.0 Å². The average Bonchev–Trinajstić information content (AvgIpc) is 3.05. The van der Waals surface area contributed by atoms with E-state index in [0.29, 0.717) is 28.9 Å². The van der Waals surface area contributed by atoms with Crippen LogP contribution in [0.5, 0.6) is 0 Å². The molecule has 0 bridgehead atoms. The Morgan fingerprint density at radius 2 is 1.96 bits per heavy atom. The summed E-state index contributed by atoms with van der Waals surface area (Å²) in [6, 6.07) is 15.2. The van der Waals surface area contributed by atoms with Gasteiger partial charge in [-0.1, -0.05) is 18.2 Å². The molecule has 0 spiro atoms. The molecule has 6 heteroatoms. The quantitative estimate of drug-likeness (QED) is 0.516. The van der Waals surface area contributed by atoms with Crippen molar-refractivity contribution in [2.24, 2.45) is 0 Å². The first-order valence-electron chi connectivity index (χ1n) is 8.72. The molecular weight excluding hydrogens is 340 g/mol. The molecule has 134 valence electrons. The Balaban J connectivity index is 2.03. The molecule has 4 rings (SSSR count). The van der Waals surface area contributed by atoms with Crippen molar-refractivity contribution in [3.05, 3.63) is 72.2 Å². The smallest absolute Gasteiger partial charge is 0.339 e. The van der Waals surface area contributed by atoms with Gasteiger partial charge >= 0.3 is 5.97 Å². The van der Waals surface area contributed by atoms with Crippen LogP contribution in [0.2, 0.25) is 0 Å². The molecule has 0 atom stereocenters. The van der Waals surface area contributed by atoms with E-state index in [-0.39, 0.29) is 5.97 Å². The highest BCUT2D eigenvalue weighted by Gasteiger charge is 2.21. The van der Waals surface area contributed by atoms with Gasteiger partial charge in [-0.2, -0.15) is 5.10 Å². The van der Waals surface area contributed by atoms with Gasteiger partial charge in [-0.15, -0.1) is 0 Å². The maximum absolute atomic E-state index is 12.6. The molecule has 4 aromatic rings. The van der Waals surface area contributed by atoms with E-state index in [1.54, 1.807) is 30.1 Å². The molecule has 0 unspecified atom stereocenters. The zero-order chi connectivity index (χ0) is 18.8. The highest BCUT2D eigenvalue weighted by Crippen LogP contribution is 2.29. The molecule has 6 nitrogen and oxygen atoms in total. The number of rotatable bonds is 4. The Hall–Kier alpha value is -3.54. The van der Waals surface area contributed by atoms with E-state index in [1.807, 2.05) is 49.4 Å². The minimum atomic E-state index is -0.384. The summed E-state index contributed by atoms with van der Waals surface area (Å²) in [7, 11) is 0. The Kier molecular flexibility index (Phi) is 4.38. The third kappa shape index (κ3) is 3.06. The van der Waals surface area contributed by atoms with Crippen molar-refractivity contribution in [3.63, 3.8) is 0 Å². The molecule has 0 aliphatic heterocycles. The highest BCUT2D eigenvalue weighted by atomic mass is 16.5. The number of hydrogen-bond donors (Lipinski definition) is 0. The van der Waals surface area contributed by atoms with Crippen LogP contribution >= 0.6 is 0 Å². The van der Waals surface area contributed by atoms with Crippen molar-refractivity contribution < 1.29 is 9.53 Å². The van der Waals surface area contributed by atoms with E-state index in [2.05, 4.69) is 10.1 Å². The van der Waals surface area contributed by atoms with Crippen LogP contribution in [-0.2, 0) is 4.74 Å². The second-order valence-corrected chi connectivity index (χ2v) is 6.05. The van der Waals surface area contributed by atoms with E-state index in [1.165, 1.54) is 0 Å². The topological polar surface area (TPSA) is 69.9 Å². The summed E-state index contributed by atoms with van der Waals surface area (Å²) in [6.07, 6.45) is 3.42. The molecule has 1 aromatic carbocycles. The van der Waals surface area contributed by atoms with Crippen molar-refractivity contribution in [1.29, 1.82) is 0 Å². The SMILES string of the molecule is CCOC(=O)c1cc(-c2cccnc2)nc2c1c(C)nn2-c1ccccc1. The number of carbonyl (C=O) groups excluding carboxylic acids is 1. The van der Waals surface area contributed by atoms with E-state index in [0.717, 1.165) is 16.9 Å². The maximum Gasteiger partial charge on any atom is 0.339 e. The van der Waals surface area contributed by atoms with Gasteiger partial charge in [0.25, 0.3) is 0 Å². The molecule has 0 saturated carbocycles. The van der Waals surface area contributed by atoms with Crippen molar-refractivity contribution >= 4 is 17.0 Å². The lowest BCUT2D eigenvalue weighted by atomic mass is 10.1. The van der Waals surface area contributed by atoms with Crippen LogP contribution in [0.4, 0.5) is 0 Å². The Morgan fingerprint density at radius 1 is 1.15 bits per heavy atom. The van der Waals surface area contributed by atoms with Gasteiger partial charge in [0.2, 0.25) is 0 Å². The van der Waals surface area contributed by atoms with E-state index < -0.39 is 0 Å². The molecule has 0 aliphatic carbocycles. The zero-order valence-corrected chi connectivity index (χ0v) is 15.1. The summed E-state index contributed by atoms with van der Waals surface area (Å²) in [4.78, 5) is 21.6. The number of carbonyl (C=O) groups is 1. The number of pyridine rings is 2. The number of hydrogen-bond acceptors (Lipinski definition) is 5. The lowest BCUT2D eigenvalue weighted by molar-refractivity contribution is 0.0528. The van der Waals surface area contributed by atoms with Gasteiger partial charge in [-0.25, -0.2) is 14.5 Å². The third-order valence-electron chi connectivity index (χ3n) is 4.27. The Morgan fingerprint density at radius 3 is 2.67 bits per heavy atom. The van der Waals surface area contributed by atoms with Crippen LogP contribution in [0.15, 0.2) is 60.9 Å². The fraction of sp³-hybridized carbons (Fsp3) is 0.143. The van der Waals surface area contributed by atoms with Crippen molar-refractivity contribution in [2.45, 2.75) is 13.8 Å². The van der Waals surface area contributed by atoms with Crippen molar-refractivity contribution in [3.8, 4) is 16.9 Å². The monoisotopic (exact) mass is 358 g/mol. The Bertz CT molecular complexity index is 1110. The van der Waals surface area contributed by atoms with Gasteiger partial charge in [0, 0.05) is 18.0 Å². The molecule has 0 N–H and O–H groups in total. The van der Waals surface area contributed by atoms with E-state index in [9.17, 15) is 4.79 Å². The highest BCUT2D eigenvalue weighted by molar-refractivity contribution is 6.05. The van der Waals surface area contributed by atoms with Crippen LogP contribution in [0, 0.1) is 6.92 Å². The first-order chi connectivity index (χ1) is 13.2. The summed E-state index contributed by atoms with van der Waals surface area (Å²) >= 11 is 0. The first kappa shape index (κ1) is 16.9. The number of aromatic nitrogens is 4. The largest absolute Gasteiger partial charge is 0.462 e. The van der Waals surface area contributed by atoms with Gasteiger partial charge in [0.15, 0.2) is 5.65 Å². The summed E-state index contributed by atoms with van der Waals surface area (Å²) in [5.74, 6) is -0.384. The summed E-state index contributed by atoms with van der Waals surface area (Å²) in [5, 5.41) is 5.33. The number of fused-ring (bicyclic) bond motifs is 1. The molecule has 0 amide bonds. The zero-order valence-electron chi connectivity index (χ0n) is 15.1. The lowest BCUT2D eigenvalue weighted by Gasteiger charge is -2.08. The molecule has 27 heavy (non-hydrogen) atoms. The molecule has 0 radical (unpaired) electrons. The van der Waals surface area contributed by atoms with Crippen LogP contribution in [0.25, 0.3) is 28.0 Å². The second kappa shape index (κ2) is 6.99. The number of benzene rings is 1. The first-order valence-corrected chi connectivity index (χ1v) is 8.72. The number of para-hydroxylation sites is 1. The second-order valence-electron chi connectivity index (χ2n) is 6.05. The lowest BCUT2D eigenvalue weighted by Crippen LogP contribution is -2.07. The summed E-state index contributed by atoms with van der Waals surface area (Å²) < 4.78 is 7.03. The van der Waals surface area contributed by atoms with Gasteiger partial charge in [0.1, 0.15) is 0 Å². The molecule has 0 aliphatic rings. The fourth-order valence-corrected chi connectivity index (χ4v) is 3.07. The van der Waals surface area contributed by atoms with Crippen LogP contribution in [-0.4, -0.2) is 32.3 Å². The molecule has 0 fully saturated rings. The minimum Gasteiger partial charge on any atom is -0.462 e. The number of ether oxygens (including phenoxy) is 1. The number of aryl methyl sites for hydroxylation is 1. The standard InChI is InChI=1S/C21H18N4O2/c1-3-27-21(26)17-12-18(15-8-7-11-22-13-15)23-20-19(17)14(2)24-25(20)16-9-5-4-6-10-16/h4-13H,3H2,1-2H3. The predicted octanol–water partition coefficient (Wildman–Crippen LogP) is 3.97. The summed E-state index contributed by atoms with van der Waals surface area (Å²) in [5.41, 5.74) is 4.14. The van der Waals surface area contributed by atoms with Crippen molar-refractivity contribution in [2.75, 3.05) is 6.61 Å². The van der Waals surface area contributed by atoms with Gasteiger partial charge in [0.05, 0.1) is 34.6 Å². The molecule has 0 saturated heterocycles. The van der Waals surface area contributed by atoms with Gasteiger partial charge < -0.3 is 4.74 Å².